The van der Waals surface area contributed by atoms with Gasteiger partial charge in [-0.05, 0) is 36.1 Å². The van der Waals surface area contributed by atoms with Crippen LogP contribution >= 0.6 is 11.8 Å². The molecule has 1 heterocycles. The number of thioether (sulfide) groups is 1. The summed E-state index contributed by atoms with van der Waals surface area (Å²) in [4.78, 5) is 14.6. The van der Waals surface area contributed by atoms with E-state index in [-0.39, 0.29) is 11.7 Å². The van der Waals surface area contributed by atoms with Crippen molar-refractivity contribution >= 4 is 17.7 Å². The number of carbonyl (C=O) groups excluding carboxylic acids is 1. The van der Waals surface area contributed by atoms with Crippen molar-refractivity contribution < 1.29 is 4.79 Å². The summed E-state index contributed by atoms with van der Waals surface area (Å²) >= 11 is 1.79. The fourth-order valence-corrected chi connectivity index (χ4v) is 3.40. The molecule has 1 aromatic carbocycles. The van der Waals surface area contributed by atoms with E-state index < -0.39 is 0 Å². The first kappa shape index (κ1) is 14.9. The first-order valence-electron chi connectivity index (χ1n) is 7.75. The Hall–Kier alpha value is -1.00. The van der Waals surface area contributed by atoms with Gasteiger partial charge < -0.3 is 4.90 Å². The molecule has 1 saturated heterocycles. The van der Waals surface area contributed by atoms with E-state index in [0.29, 0.717) is 11.8 Å². The Morgan fingerprint density at radius 1 is 1.33 bits per heavy atom. The minimum Gasteiger partial charge on any atom is -0.320 e. The van der Waals surface area contributed by atoms with Crippen molar-refractivity contribution in [1.82, 2.24) is 10.2 Å². The smallest absolute Gasteiger partial charge is 0.244 e. The molecule has 114 valence electrons. The van der Waals surface area contributed by atoms with E-state index in [1.165, 1.54) is 11.1 Å². The Kier molecular flexibility index (Phi) is 4.02. The zero-order valence-electron chi connectivity index (χ0n) is 13.1. The van der Waals surface area contributed by atoms with Crippen LogP contribution in [0.1, 0.15) is 49.9 Å². The van der Waals surface area contributed by atoms with Crippen LogP contribution in [-0.4, -0.2) is 34.9 Å². The third-order valence-corrected chi connectivity index (χ3v) is 5.19. The largest absolute Gasteiger partial charge is 0.320 e. The van der Waals surface area contributed by atoms with Crippen molar-refractivity contribution in [3.8, 4) is 0 Å². The highest BCUT2D eigenvalue weighted by Crippen LogP contribution is 2.45. The van der Waals surface area contributed by atoms with E-state index in [1.54, 1.807) is 11.8 Å². The third-order valence-electron chi connectivity index (χ3n) is 4.60. The number of benzene rings is 1. The molecule has 4 heteroatoms. The van der Waals surface area contributed by atoms with Crippen LogP contribution < -0.4 is 5.32 Å². The average Bonchev–Trinajstić information content (AvgIpc) is 3.21. The lowest BCUT2D eigenvalue weighted by Gasteiger charge is -2.24. The molecular weight excluding hydrogens is 280 g/mol. The topological polar surface area (TPSA) is 32.3 Å². The van der Waals surface area contributed by atoms with Crippen LogP contribution in [0, 0.1) is 0 Å². The summed E-state index contributed by atoms with van der Waals surface area (Å²) < 4.78 is 0. The van der Waals surface area contributed by atoms with Gasteiger partial charge in [0.25, 0.3) is 0 Å². The lowest BCUT2D eigenvalue weighted by atomic mass is 10.0. The fraction of sp³-hybridized carbons (Fsp3) is 0.588. The van der Waals surface area contributed by atoms with E-state index in [0.717, 1.165) is 25.1 Å². The molecule has 1 N–H and O–H groups in total. The molecule has 1 spiro atoms. The Labute approximate surface area is 131 Å². The molecule has 2 aliphatic rings. The van der Waals surface area contributed by atoms with Gasteiger partial charge in [0, 0.05) is 12.3 Å². The first-order valence-corrected chi connectivity index (χ1v) is 9.14. The van der Waals surface area contributed by atoms with Gasteiger partial charge in [0.2, 0.25) is 5.91 Å². The molecule has 3 nitrogen and oxygen atoms in total. The van der Waals surface area contributed by atoms with Gasteiger partial charge in [-0.2, -0.15) is 11.8 Å². The number of hydrogen-bond donors (Lipinski definition) is 1. The Bertz CT molecular complexity index is 522. The van der Waals surface area contributed by atoms with Crippen LogP contribution in [-0.2, 0) is 4.79 Å². The van der Waals surface area contributed by atoms with Crippen LogP contribution in [0.4, 0.5) is 0 Å². The summed E-state index contributed by atoms with van der Waals surface area (Å²) in [5, 5.41) is 3.58. The predicted molar refractivity (Wildman–Crippen MR) is 88.5 cm³/mol. The molecule has 1 aromatic rings. The number of hydrogen-bond acceptors (Lipinski definition) is 3. The highest BCUT2D eigenvalue weighted by atomic mass is 32.2. The molecule has 0 bridgehead atoms. The van der Waals surface area contributed by atoms with Gasteiger partial charge in [0.05, 0.1) is 0 Å². The molecule has 1 amide bonds. The zero-order chi connectivity index (χ0) is 15.0. The van der Waals surface area contributed by atoms with Gasteiger partial charge in [-0.1, -0.05) is 38.1 Å². The summed E-state index contributed by atoms with van der Waals surface area (Å²) in [5.74, 6) is 1.83. The normalized spacial score (nSPS) is 23.3. The second-order valence-electron chi connectivity index (χ2n) is 6.44. The van der Waals surface area contributed by atoms with Gasteiger partial charge in [0.1, 0.15) is 11.7 Å². The molecule has 1 aliphatic carbocycles. The highest BCUT2D eigenvalue weighted by Gasteiger charge is 2.59. The number of nitrogens with one attached hydrogen (secondary N) is 1. The van der Waals surface area contributed by atoms with Gasteiger partial charge in [-0.3, -0.25) is 10.1 Å². The number of nitrogens with zero attached hydrogens (tertiary/aromatic N) is 1. The summed E-state index contributed by atoms with van der Waals surface area (Å²) in [6, 6.07) is 8.73. The fourth-order valence-electron chi connectivity index (χ4n) is 3.02. The maximum Gasteiger partial charge on any atom is 0.244 e. The van der Waals surface area contributed by atoms with Crippen LogP contribution in [0.25, 0.3) is 0 Å². The maximum absolute atomic E-state index is 12.6. The molecule has 1 aliphatic heterocycles. The van der Waals surface area contributed by atoms with Crippen LogP contribution in [0.2, 0.25) is 0 Å². The minimum atomic E-state index is -0.236. The van der Waals surface area contributed by atoms with E-state index in [9.17, 15) is 4.79 Å². The van der Waals surface area contributed by atoms with E-state index in [2.05, 4.69) is 49.7 Å². The SMILES string of the molecule is CSCCN1C(=O)C2(CC2)NC1c1ccc(C(C)C)cc1. The van der Waals surface area contributed by atoms with Crippen molar-refractivity contribution in [3.05, 3.63) is 35.4 Å². The molecule has 1 unspecified atom stereocenters. The first-order chi connectivity index (χ1) is 10.1. The summed E-state index contributed by atoms with van der Waals surface area (Å²) in [6.07, 6.45) is 4.12. The van der Waals surface area contributed by atoms with Crippen LogP contribution in [0.15, 0.2) is 24.3 Å². The molecular formula is C17H24N2OS. The van der Waals surface area contributed by atoms with Gasteiger partial charge in [0.15, 0.2) is 0 Å². The van der Waals surface area contributed by atoms with Gasteiger partial charge in [-0.15, -0.1) is 0 Å². The van der Waals surface area contributed by atoms with Gasteiger partial charge in [-0.25, -0.2) is 0 Å². The minimum absolute atomic E-state index is 0.0494. The summed E-state index contributed by atoms with van der Waals surface area (Å²) in [6.45, 7) is 5.23. The summed E-state index contributed by atoms with van der Waals surface area (Å²) in [7, 11) is 0. The third kappa shape index (κ3) is 2.71. The Balaban J connectivity index is 1.83. The molecule has 1 saturated carbocycles. The number of amides is 1. The molecule has 21 heavy (non-hydrogen) atoms. The standard InChI is InChI=1S/C17H24N2OS/c1-12(2)13-4-6-14(7-5-13)15-18-17(8-9-17)16(20)19(15)10-11-21-3/h4-7,12,15,18H,8-11H2,1-3H3. The molecule has 3 rings (SSSR count). The Morgan fingerprint density at radius 3 is 2.52 bits per heavy atom. The molecule has 0 radical (unpaired) electrons. The van der Waals surface area contributed by atoms with E-state index in [1.807, 2.05) is 4.90 Å². The zero-order valence-corrected chi connectivity index (χ0v) is 13.9. The predicted octanol–water partition coefficient (Wildman–Crippen LogP) is 3.14. The quantitative estimate of drug-likeness (QED) is 0.907. The van der Waals surface area contributed by atoms with Crippen LogP contribution in [0.5, 0.6) is 0 Å². The lowest BCUT2D eigenvalue weighted by molar-refractivity contribution is -0.130. The summed E-state index contributed by atoms with van der Waals surface area (Å²) in [5.41, 5.74) is 2.32. The van der Waals surface area contributed by atoms with Gasteiger partial charge >= 0.3 is 0 Å². The van der Waals surface area contributed by atoms with Crippen LogP contribution in [0.3, 0.4) is 0 Å². The Morgan fingerprint density at radius 2 is 2.00 bits per heavy atom. The molecule has 1 atom stereocenters. The van der Waals surface area contributed by atoms with Crippen molar-refractivity contribution in [2.45, 2.75) is 44.3 Å². The van der Waals surface area contributed by atoms with Crippen molar-refractivity contribution in [1.29, 1.82) is 0 Å². The van der Waals surface area contributed by atoms with E-state index >= 15 is 0 Å². The number of carbonyl (C=O) groups is 1. The molecule has 2 fully saturated rings. The second kappa shape index (κ2) is 5.65. The lowest BCUT2D eigenvalue weighted by Crippen LogP contribution is -2.33. The monoisotopic (exact) mass is 304 g/mol. The van der Waals surface area contributed by atoms with Crippen molar-refractivity contribution in [2.75, 3.05) is 18.6 Å². The maximum atomic E-state index is 12.6. The van der Waals surface area contributed by atoms with E-state index in [4.69, 9.17) is 0 Å². The second-order valence-corrected chi connectivity index (χ2v) is 7.43. The average molecular weight is 304 g/mol. The number of rotatable bonds is 5. The highest BCUT2D eigenvalue weighted by molar-refractivity contribution is 7.98. The molecule has 0 aromatic heterocycles. The van der Waals surface area contributed by atoms with Crippen molar-refractivity contribution in [3.63, 3.8) is 0 Å². The van der Waals surface area contributed by atoms with Crippen molar-refractivity contribution in [2.24, 2.45) is 0 Å².